The maximum atomic E-state index is 12.3. The lowest BCUT2D eigenvalue weighted by atomic mass is 10.1. The zero-order valence-corrected chi connectivity index (χ0v) is 10.0. The van der Waals surface area contributed by atoms with Crippen LogP contribution < -0.4 is 5.43 Å². The summed E-state index contributed by atoms with van der Waals surface area (Å²) < 4.78 is 1.79. The van der Waals surface area contributed by atoms with Crippen molar-refractivity contribution in [2.45, 2.75) is 6.92 Å². The van der Waals surface area contributed by atoms with Crippen molar-refractivity contribution in [2.24, 2.45) is 0 Å². The van der Waals surface area contributed by atoms with E-state index in [-0.39, 0.29) is 11.2 Å². The highest BCUT2D eigenvalue weighted by Gasteiger charge is 2.08. The number of fused-ring (bicyclic) bond motifs is 2. The molecule has 1 heterocycles. The predicted molar refractivity (Wildman–Crippen MR) is 72.0 cm³/mol. The van der Waals surface area contributed by atoms with E-state index in [0.717, 1.165) is 20.3 Å². The van der Waals surface area contributed by atoms with E-state index in [4.69, 9.17) is 0 Å². The van der Waals surface area contributed by atoms with E-state index < -0.39 is 0 Å². The monoisotopic (exact) mass is 242 g/mol. The molecule has 0 saturated carbocycles. The van der Waals surface area contributed by atoms with Gasteiger partial charge in [-0.25, -0.2) is 0 Å². The number of rotatable bonds is 0. The molecule has 0 aliphatic rings. The van der Waals surface area contributed by atoms with Crippen LogP contribution >= 0.6 is 11.3 Å². The quantitative estimate of drug-likeness (QED) is 0.613. The third-order valence-electron chi connectivity index (χ3n) is 2.86. The fraction of sp³-hybridized carbons (Fsp3) is 0.0714. The first-order chi connectivity index (χ1) is 8.16. The number of phenols is 1. The van der Waals surface area contributed by atoms with Gasteiger partial charge < -0.3 is 5.11 Å². The van der Waals surface area contributed by atoms with Crippen LogP contribution in [0.3, 0.4) is 0 Å². The lowest BCUT2D eigenvalue weighted by molar-refractivity contribution is 0.476. The Labute approximate surface area is 102 Å². The van der Waals surface area contributed by atoms with Crippen LogP contribution in [0.4, 0.5) is 0 Å². The molecule has 0 aliphatic carbocycles. The van der Waals surface area contributed by atoms with Gasteiger partial charge in [0.2, 0.25) is 0 Å². The van der Waals surface area contributed by atoms with Crippen molar-refractivity contribution in [3.63, 3.8) is 0 Å². The van der Waals surface area contributed by atoms with Gasteiger partial charge in [0.1, 0.15) is 5.75 Å². The van der Waals surface area contributed by atoms with Gasteiger partial charge in [0, 0.05) is 20.2 Å². The Kier molecular flexibility index (Phi) is 2.16. The van der Waals surface area contributed by atoms with Crippen LogP contribution in [0.2, 0.25) is 0 Å². The number of aryl methyl sites for hydroxylation is 1. The molecular weight excluding hydrogens is 232 g/mol. The highest BCUT2D eigenvalue weighted by Crippen LogP contribution is 2.29. The number of benzene rings is 2. The van der Waals surface area contributed by atoms with Crippen molar-refractivity contribution in [3.05, 3.63) is 52.2 Å². The molecule has 17 heavy (non-hydrogen) atoms. The van der Waals surface area contributed by atoms with Gasteiger partial charge in [0.25, 0.3) is 0 Å². The van der Waals surface area contributed by atoms with Crippen LogP contribution in [0.5, 0.6) is 5.75 Å². The molecule has 2 aromatic carbocycles. The van der Waals surface area contributed by atoms with Crippen molar-refractivity contribution >= 4 is 31.5 Å². The molecule has 0 bridgehead atoms. The van der Waals surface area contributed by atoms with E-state index >= 15 is 0 Å². The predicted octanol–water partition coefficient (Wildman–Crippen LogP) is 3.43. The summed E-state index contributed by atoms with van der Waals surface area (Å²) in [4.78, 5) is 12.3. The van der Waals surface area contributed by atoms with Crippen LogP contribution in [0, 0.1) is 6.92 Å². The highest BCUT2D eigenvalue weighted by molar-refractivity contribution is 7.24. The van der Waals surface area contributed by atoms with Crippen LogP contribution in [0.15, 0.2) is 41.2 Å². The molecule has 84 valence electrons. The standard InChI is InChI=1S/C14H10O2S/c1-8-6-9(15)7-12-13(8)14(16)10-4-2-3-5-11(10)17-12/h2-7,15H,1H3. The summed E-state index contributed by atoms with van der Waals surface area (Å²) in [6.45, 7) is 1.85. The van der Waals surface area contributed by atoms with Crippen LogP contribution in [-0.4, -0.2) is 5.11 Å². The molecule has 0 atom stereocenters. The SMILES string of the molecule is Cc1cc(O)cc2sc3ccccc3c(=O)c12. The van der Waals surface area contributed by atoms with E-state index in [1.54, 1.807) is 12.1 Å². The Morgan fingerprint density at radius 1 is 1.12 bits per heavy atom. The normalized spacial score (nSPS) is 11.1. The largest absolute Gasteiger partial charge is 0.508 e. The first-order valence-corrected chi connectivity index (χ1v) is 6.13. The van der Waals surface area contributed by atoms with Gasteiger partial charge in [-0.05, 0) is 36.8 Å². The van der Waals surface area contributed by atoms with Gasteiger partial charge >= 0.3 is 0 Å². The van der Waals surface area contributed by atoms with Gasteiger partial charge in [-0.15, -0.1) is 11.3 Å². The van der Waals surface area contributed by atoms with Crippen molar-refractivity contribution in [1.82, 2.24) is 0 Å². The Balaban J connectivity index is 2.64. The summed E-state index contributed by atoms with van der Waals surface area (Å²) in [6.07, 6.45) is 0. The first kappa shape index (κ1) is 10.3. The first-order valence-electron chi connectivity index (χ1n) is 5.32. The lowest BCUT2D eigenvalue weighted by Crippen LogP contribution is -2.02. The van der Waals surface area contributed by atoms with Gasteiger partial charge in [-0.2, -0.15) is 0 Å². The number of hydrogen-bond acceptors (Lipinski definition) is 3. The van der Waals surface area contributed by atoms with E-state index in [9.17, 15) is 9.90 Å². The molecule has 3 aromatic rings. The summed E-state index contributed by atoms with van der Waals surface area (Å²) in [7, 11) is 0. The minimum atomic E-state index is 0.0480. The highest BCUT2D eigenvalue weighted by atomic mass is 32.1. The zero-order valence-electron chi connectivity index (χ0n) is 9.23. The molecule has 0 saturated heterocycles. The van der Waals surface area contributed by atoms with Crippen LogP contribution in [0.25, 0.3) is 20.2 Å². The average molecular weight is 242 g/mol. The van der Waals surface area contributed by atoms with Crippen molar-refractivity contribution in [2.75, 3.05) is 0 Å². The van der Waals surface area contributed by atoms with Crippen molar-refractivity contribution in [1.29, 1.82) is 0 Å². The van der Waals surface area contributed by atoms with E-state index in [1.165, 1.54) is 11.3 Å². The second-order valence-corrected chi connectivity index (χ2v) is 5.15. The fourth-order valence-corrected chi connectivity index (χ4v) is 3.29. The number of phenolic OH excluding ortho intramolecular Hbond substituents is 1. The molecule has 0 spiro atoms. The summed E-state index contributed by atoms with van der Waals surface area (Å²) in [5.74, 6) is 0.209. The number of aromatic hydroxyl groups is 1. The molecule has 0 amide bonds. The lowest BCUT2D eigenvalue weighted by Gasteiger charge is -2.04. The summed E-state index contributed by atoms with van der Waals surface area (Å²) in [6, 6.07) is 10.9. The summed E-state index contributed by atoms with van der Waals surface area (Å²) in [5.41, 5.74) is 0.874. The molecule has 3 rings (SSSR count). The minimum Gasteiger partial charge on any atom is -0.508 e. The van der Waals surface area contributed by atoms with Crippen LogP contribution in [0.1, 0.15) is 5.56 Å². The molecule has 0 fully saturated rings. The van der Waals surface area contributed by atoms with Gasteiger partial charge in [-0.1, -0.05) is 12.1 Å². The zero-order chi connectivity index (χ0) is 12.0. The molecular formula is C14H10O2S. The van der Waals surface area contributed by atoms with E-state index in [1.807, 2.05) is 31.2 Å². The smallest absolute Gasteiger partial charge is 0.196 e. The van der Waals surface area contributed by atoms with E-state index in [2.05, 4.69) is 0 Å². The molecule has 0 radical (unpaired) electrons. The second kappa shape index (κ2) is 3.57. The average Bonchev–Trinajstić information content (AvgIpc) is 2.28. The number of hydrogen-bond donors (Lipinski definition) is 1. The molecule has 3 heteroatoms. The topological polar surface area (TPSA) is 37.3 Å². The summed E-state index contributed by atoms with van der Waals surface area (Å²) in [5, 5.41) is 11.0. The Bertz CT molecular complexity index is 787. The minimum absolute atomic E-state index is 0.0480. The maximum absolute atomic E-state index is 12.3. The van der Waals surface area contributed by atoms with E-state index in [0.29, 0.717) is 5.39 Å². The Morgan fingerprint density at radius 2 is 1.88 bits per heavy atom. The molecule has 0 unspecified atom stereocenters. The summed E-state index contributed by atoms with van der Waals surface area (Å²) >= 11 is 1.53. The fourth-order valence-electron chi connectivity index (χ4n) is 2.10. The van der Waals surface area contributed by atoms with Crippen LogP contribution in [-0.2, 0) is 0 Å². The third-order valence-corrected chi connectivity index (χ3v) is 3.98. The second-order valence-electron chi connectivity index (χ2n) is 4.06. The van der Waals surface area contributed by atoms with Crippen molar-refractivity contribution in [3.8, 4) is 5.75 Å². The Morgan fingerprint density at radius 3 is 2.71 bits per heavy atom. The van der Waals surface area contributed by atoms with Crippen molar-refractivity contribution < 1.29 is 5.11 Å². The van der Waals surface area contributed by atoms with Gasteiger partial charge in [0.15, 0.2) is 5.43 Å². The third kappa shape index (κ3) is 1.51. The molecule has 1 N–H and O–H groups in total. The van der Waals surface area contributed by atoms with Gasteiger partial charge in [0.05, 0.1) is 0 Å². The maximum Gasteiger partial charge on any atom is 0.196 e. The van der Waals surface area contributed by atoms with Gasteiger partial charge in [-0.3, -0.25) is 4.79 Å². The molecule has 1 aromatic heterocycles. The molecule has 0 aliphatic heterocycles. The Hall–Kier alpha value is -1.87. The molecule has 2 nitrogen and oxygen atoms in total.